The van der Waals surface area contributed by atoms with E-state index in [1.807, 2.05) is 51.1 Å². The van der Waals surface area contributed by atoms with Crippen LogP contribution in [0, 0.1) is 5.92 Å². The zero-order valence-electron chi connectivity index (χ0n) is 29.4. The summed E-state index contributed by atoms with van der Waals surface area (Å²) in [7, 11) is 0. The molecule has 0 bridgehead atoms. The first kappa shape index (κ1) is 35.2. The predicted molar refractivity (Wildman–Crippen MR) is 198 cm³/mol. The first-order valence-electron chi connectivity index (χ1n) is 17.6. The van der Waals surface area contributed by atoms with E-state index in [-0.39, 0.29) is 17.6 Å². The lowest BCUT2D eigenvalue weighted by atomic mass is 9.87. The van der Waals surface area contributed by atoms with Gasteiger partial charge in [0.1, 0.15) is 17.7 Å². The maximum Gasteiger partial charge on any atom is 0.350 e. The van der Waals surface area contributed by atoms with Crippen LogP contribution in [0.15, 0.2) is 96.3 Å². The van der Waals surface area contributed by atoms with Crippen molar-refractivity contribution in [3.63, 3.8) is 0 Å². The van der Waals surface area contributed by atoms with Crippen LogP contribution in [0.1, 0.15) is 52.1 Å². The second-order valence-electron chi connectivity index (χ2n) is 12.7. The van der Waals surface area contributed by atoms with Gasteiger partial charge in [-0.2, -0.15) is 20.1 Å². The van der Waals surface area contributed by atoms with Crippen LogP contribution in [-0.4, -0.2) is 68.7 Å². The Kier molecular flexibility index (Phi) is 11.2. The number of benzene rings is 3. The number of anilines is 2. The van der Waals surface area contributed by atoms with Crippen LogP contribution in [0.4, 0.5) is 11.4 Å². The number of piperazine rings is 1. The van der Waals surface area contributed by atoms with Crippen LogP contribution in [-0.2, 0) is 16.9 Å². The van der Waals surface area contributed by atoms with Crippen molar-refractivity contribution in [2.75, 3.05) is 49.2 Å². The van der Waals surface area contributed by atoms with Gasteiger partial charge in [0.05, 0.1) is 43.9 Å². The molecule has 2 fully saturated rings. The second kappa shape index (κ2) is 15.9. The fraction of sp³-hybridized carbons (Fsp3) is 0.421. The minimum Gasteiger partial charge on any atom is -0.493 e. The van der Waals surface area contributed by atoms with Gasteiger partial charge in [0.2, 0.25) is 0 Å². The zero-order valence-corrected chi connectivity index (χ0v) is 30.1. The SMILES string of the molecule is CC.CCC(C)n1ncn(-c2ccc(N3CCN(c4ccc(OCC5COC(Cn6nccn6)(c6cccc(Cl)c6)C5)cc4)CC3)cc2)c1=O. The van der Waals surface area contributed by atoms with Gasteiger partial charge in [-0.1, -0.05) is 44.5 Å². The van der Waals surface area contributed by atoms with Gasteiger partial charge in [-0.15, -0.1) is 0 Å². The Morgan fingerprint density at radius 2 is 1.52 bits per heavy atom. The highest BCUT2D eigenvalue weighted by atomic mass is 35.5. The summed E-state index contributed by atoms with van der Waals surface area (Å²) < 4.78 is 15.9. The van der Waals surface area contributed by atoms with Crippen molar-refractivity contribution in [2.45, 2.75) is 58.7 Å². The summed E-state index contributed by atoms with van der Waals surface area (Å²) in [6.45, 7) is 13.4. The summed E-state index contributed by atoms with van der Waals surface area (Å²) >= 11 is 6.35. The molecule has 0 N–H and O–H groups in total. The summed E-state index contributed by atoms with van der Waals surface area (Å²) in [5.41, 5.74) is 3.52. The molecule has 2 aliphatic heterocycles. The summed E-state index contributed by atoms with van der Waals surface area (Å²) in [5.74, 6) is 1.06. The molecule has 0 radical (unpaired) electrons. The fourth-order valence-electron chi connectivity index (χ4n) is 6.68. The molecule has 3 unspecified atom stereocenters. The van der Waals surface area contributed by atoms with Gasteiger partial charge in [0.15, 0.2) is 0 Å². The van der Waals surface area contributed by atoms with Crippen molar-refractivity contribution in [3.8, 4) is 11.4 Å². The summed E-state index contributed by atoms with van der Waals surface area (Å²) in [6.07, 6.45) is 6.61. The van der Waals surface area contributed by atoms with Gasteiger partial charge in [0.25, 0.3) is 0 Å². The number of aromatic nitrogens is 6. The van der Waals surface area contributed by atoms with Gasteiger partial charge in [-0.3, -0.25) is 0 Å². The topological polar surface area (TPSA) is 95.5 Å². The number of ether oxygens (including phenoxy) is 2. The lowest BCUT2D eigenvalue weighted by Gasteiger charge is -2.37. The third-order valence-corrected chi connectivity index (χ3v) is 9.83. The zero-order chi connectivity index (χ0) is 35.1. The molecule has 0 amide bonds. The lowest BCUT2D eigenvalue weighted by molar-refractivity contribution is -0.0209. The molecule has 4 heterocycles. The average molecular weight is 699 g/mol. The maximum atomic E-state index is 12.8. The van der Waals surface area contributed by atoms with Crippen LogP contribution in [0.2, 0.25) is 5.02 Å². The summed E-state index contributed by atoms with van der Waals surface area (Å²) in [4.78, 5) is 19.3. The molecule has 5 aromatic rings. The average Bonchev–Trinajstić information content (AvgIpc) is 3.93. The fourth-order valence-corrected chi connectivity index (χ4v) is 6.87. The number of rotatable bonds is 11. The molecule has 12 heteroatoms. The van der Waals surface area contributed by atoms with E-state index in [1.54, 1.807) is 32.8 Å². The molecule has 0 spiro atoms. The highest BCUT2D eigenvalue weighted by Gasteiger charge is 2.43. The van der Waals surface area contributed by atoms with Gasteiger partial charge in [-0.25, -0.2) is 14.0 Å². The largest absolute Gasteiger partial charge is 0.493 e. The lowest BCUT2D eigenvalue weighted by Crippen LogP contribution is -2.46. The first-order valence-corrected chi connectivity index (χ1v) is 18.0. The molecule has 11 nitrogen and oxygen atoms in total. The van der Waals surface area contributed by atoms with Gasteiger partial charge >= 0.3 is 5.69 Å². The molecule has 3 aromatic carbocycles. The van der Waals surface area contributed by atoms with E-state index < -0.39 is 5.60 Å². The molecule has 50 heavy (non-hydrogen) atoms. The maximum absolute atomic E-state index is 12.8. The van der Waals surface area contributed by atoms with Gasteiger partial charge in [-0.05, 0) is 86.0 Å². The highest BCUT2D eigenvalue weighted by Crippen LogP contribution is 2.41. The highest BCUT2D eigenvalue weighted by molar-refractivity contribution is 6.30. The van der Waals surface area contributed by atoms with E-state index >= 15 is 0 Å². The Balaban J connectivity index is 0.00000212. The second-order valence-corrected chi connectivity index (χ2v) is 13.2. The van der Waals surface area contributed by atoms with Crippen molar-refractivity contribution in [1.82, 2.24) is 29.3 Å². The summed E-state index contributed by atoms with van der Waals surface area (Å²) in [5, 5.41) is 13.6. The Morgan fingerprint density at radius 3 is 2.14 bits per heavy atom. The molecule has 7 rings (SSSR count). The van der Waals surface area contributed by atoms with Crippen LogP contribution >= 0.6 is 11.6 Å². The quantitative estimate of drug-likeness (QED) is 0.152. The van der Waals surface area contributed by atoms with E-state index in [1.165, 1.54) is 5.69 Å². The standard InChI is InChI=1S/C36H41ClN8O3.C2H6/c1-3-27(2)45-35(46)43(26-40-45)33-9-7-31(8-10-33)41-17-19-42(20-18-41)32-11-13-34(14-12-32)47-23-28-22-36(48-24-28,25-44-38-15-16-39-44)29-5-4-6-30(37)21-29;1-2/h4-16,21,26-28H,3,17-20,22-25H2,1-2H3;1-2H3. The molecule has 2 aliphatic rings. The molecule has 0 aliphatic carbocycles. The van der Waals surface area contributed by atoms with Gasteiger partial charge in [0, 0.05) is 48.5 Å². The minimum atomic E-state index is -0.567. The molecule has 3 atom stereocenters. The van der Waals surface area contributed by atoms with Crippen molar-refractivity contribution in [1.29, 1.82) is 0 Å². The van der Waals surface area contributed by atoms with Gasteiger partial charge < -0.3 is 19.3 Å². The minimum absolute atomic E-state index is 0.0732. The normalized spacial score (nSPS) is 19.6. The molecule has 0 saturated carbocycles. The Morgan fingerprint density at radius 1 is 0.900 bits per heavy atom. The number of nitrogens with zero attached hydrogens (tertiary/aromatic N) is 8. The van der Waals surface area contributed by atoms with Crippen molar-refractivity contribution >= 4 is 23.0 Å². The smallest absolute Gasteiger partial charge is 0.350 e. The number of hydrogen-bond donors (Lipinski definition) is 0. The van der Waals surface area contributed by atoms with E-state index in [0.29, 0.717) is 24.8 Å². The Bertz CT molecular complexity index is 1850. The van der Waals surface area contributed by atoms with E-state index in [2.05, 4.69) is 74.5 Å². The van der Waals surface area contributed by atoms with Crippen molar-refractivity contribution in [2.24, 2.45) is 5.92 Å². The van der Waals surface area contributed by atoms with E-state index in [9.17, 15) is 4.79 Å². The monoisotopic (exact) mass is 698 g/mol. The van der Waals surface area contributed by atoms with E-state index in [0.717, 1.165) is 61.7 Å². The van der Waals surface area contributed by atoms with Crippen LogP contribution < -0.4 is 20.2 Å². The molecular weight excluding hydrogens is 652 g/mol. The third-order valence-electron chi connectivity index (χ3n) is 9.59. The summed E-state index contributed by atoms with van der Waals surface area (Å²) in [6, 6.07) is 24.5. The van der Waals surface area contributed by atoms with Crippen LogP contribution in [0.5, 0.6) is 5.75 Å². The molecule has 2 aromatic heterocycles. The van der Waals surface area contributed by atoms with Crippen LogP contribution in [0.3, 0.4) is 0 Å². The third kappa shape index (κ3) is 7.74. The molecule has 2 saturated heterocycles. The molecule has 264 valence electrons. The molecular formula is C38H47ClN8O3. The van der Waals surface area contributed by atoms with Crippen molar-refractivity contribution in [3.05, 3.63) is 113 Å². The predicted octanol–water partition coefficient (Wildman–Crippen LogP) is 6.61. The number of hydrogen-bond acceptors (Lipinski definition) is 8. The number of halogens is 1. The Hall–Kier alpha value is -4.61. The van der Waals surface area contributed by atoms with Crippen molar-refractivity contribution < 1.29 is 9.47 Å². The van der Waals surface area contributed by atoms with Crippen LogP contribution in [0.25, 0.3) is 5.69 Å². The Labute approximate surface area is 299 Å². The first-order chi connectivity index (χ1) is 24.4. The van der Waals surface area contributed by atoms with E-state index in [4.69, 9.17) is 21.1 Å².